The molecular formula is C21H23N3O5S. The van der Waals surface area contributed by atoms with Crippen molar-refractivity contribution >= 4 is 45.7 Å². The number of nitrogens with zero attached hydrogens (tertiary/aromatic N) is 1. The van der Waals surface area contributed by atoms with Crippen molar-refractivity contribution in [1.29, 1.82) is 0 Å². The lowest BCUT2D eigenvalue weighted by molar-refractivity contribution is -0.126. The Morgan fingerprint density at radius 1 is 1.33 bits per heavy atom. The third kappa shape index (κ3) is 4.21. The normalized spacial score (nSPS) is 18.6. The van der Waals surface area contributed by atoms with E-state index in [1.807, 2.05) is 12.1 Å². The molecule has 9 heteroatoms. The largest absolute Gasteiger partial charge is 0.452 e. The second kappa shape index (κ2) is 8.51. The van der Waals surface area contributed by atoms with Gasteiger partial charge in [0, 0.05) is 29.7 Å². The number of aryl methyl sites for hydroxylation is 1. The lowest BCUT2D eigenvalue weighted by atomic mass is 9.87. The van der Waals surface area contributed by atoms with Crippen molar-refractivity contribution in [2.24, 2.45) is 5.92 Å². The van der Waals surface area contributed by atoms with Gasteiger partial charge in [-0.2, -0.15) is 0 Å². The summed E-state index contributed by atoms with van der Waals surface area (Å²) in [5.74, 6) is -0.558. The van der Waals surface area contributed by atoms with E-state index in [9.17, 15) is 19.2 Å². The highest BCUT2D eigenvalue weighted by Gasteiger charge is 2.29. The molecule has 0 bridgehead atoms. The molecule has 0 saturated carbocycles. The number of ether oxygens (including phenoxy) is 1. The van der Waals surface area contributed by atoms with E-state index in [0.717, 1.165) is 46.8 Å². The van der Waals surface area contributed by atoms with Gasteiger partial charge in [0.2, 0.25) is 5.91 Å². The highest BCUT2D eigenvalue weighted by Crippen LogP contribution is 2.32. The highest BCUT2D eigenvalue weighted by molar-refractivity contribution is 8.14. The van der Waals surface area contributed by atoms with Gasteiger partial charge in [0.15, 0.2) is 6.61 Å². The molecule has 0 unspecified atom stereocenters. The first-order chi connectivity index (χ1) is 14.4. The van der Waals surface area contributed by atoms with Gasteiger partial charge in [0.05, 0.1) is 11.3 Å². The van der Waals surface area contributed by atoms with Crippen molar-refractivity contribution in [3.05, 3.63) is 35.0 Å². The molecule has 4 rings (SSSR count). The zero-order valence-electron chi connectivity index (χ0n) is 16.7. The zero-order chi connectivity index (χ0) is 21.3. The Labute approximate surface area is 177 Å². The minimum absolute atomic E-state index is 0.109. The van der Waals surface area contributed by atoms with Gasteiger partial charge in [-0.15, -0.1) is 0 Å². The van der Waals surface area contributed by atoms with Gasteiger partial charge in [-0.1, -0.05) is 18.7 Å². The number of hydrogen-bond donors (Lipinski definition) is 2. The second-order valence-corrected chi connectivity index (χ2v) is 8.64. The molecule has 1 aromatic heterocycles. The van der Waals surface area contributed by atoms with E-state index in [1.165, 1.54) is 11.3 Å². The molecule has 0 spiro atoms. The van der Waals surface area contributed by atoms with E-state index in [1.54, 1.807) is 6.07 Å². The molecule has 2 N–H and O–H groups in total. The molecule has 1 atom stereocenters. The highest BCUT2D eigenvalue weighted by atomic mass is 32.2. The van der Waals surface area contributed by atoms with Gasteiger partial charge in [-0.3, -0.25) is 19.3 Å². The third-order valence-electron chi connectivity index (χ3n) is 5.50. The number of hydrogen-bond acceptors (Lipinski definition) is 6. The number of esters is 1. The Bertz CT molecular complexity index is 1020. The number of aromatic nitrogens is 1. The fraction of sp³-hybridized carbons (Fsp3) is 0.429. The number of fused-ring (bicyclic) bond motifs is 3. The fourth-order valence-electron chi connectivity index (χ4n) is 3.89. The van der Waals surface area contributed by atoms with Crippen LogP contribution in [0.1, 0.15) is 35.0 Å². The Morgan fingerprint density at radius 3 is 2.93 bits per heavy atom. The SMILES string of the molecule is C[C@@H]1CCc2[nH]c3ccc(C(=O)OCC(=O)NCCN4C(=O)CSC4=O)cc3c2C1. The molecule has 1 aliphatic carbocycles. The Hall–Kier alpha value is -2.81. The van der Waals surface area contributed by atoms with Crippen molar-refractivity contribution in [1.82, 2.24) is 15.2 Å². The number of carbonyl (C=O) groups excluding carboxylic acids is 4. The van der Waals surface area contributed by atoms with Crippen LogP contribution >= 0.6 is 11.8 Å². The van der Waals surface area contributed by atoms with Gasteiger partial charge in [0.25, 0.3) is 11.1 Å². The molecule has 2 aliphatic rings. The van der Waals surface area contributed by atoms with Crippen LogP contribution in [-0.2, 0) is 27.2 Å². The van der Waals surface area contributed by atoms with E-state index >= 15 is 0 Å². The summed E-state index contributed by atoms with van der Waals surface area (Å²) in [6.45, 7) is 2.04. The zero-order valence-corrected chi connectivity index (χ0v) is 17.5. The third-order valence-corrected chi connectivity index (χ3v) is 6.36. The molecule has 1 aliphatic heterocycles. The number of H-pyrrole nitrogens is 1. The van der Waals surface area contributed by atoms with Gasteiger partial charge in [0.1, 0.15) is 0 Å². The number of thioether (sulfide) groups is 1. The van der Waals surface area contributed by atoms with Crippen LogP contribution in [0.3, 0.4) is 0 Å². The predicted molar refractivity (Wildman–Crippen MR) is 112 cm³/mol. The van der Waals surface area contributed by atoms with E-state index in [-0.39, 0.29) is 30.0 Å². The molecule has 1 aromatic carbocycles. The molecule has 2 heterocycles. The minimum atomic E-state index is -0.563. The molecule has 1 saturated heterocycles. The number of carbonyl (C=O) groups is 4. The van der Waals surface area contributed by atoms with Crippen molar-refractivity contribution in [2.75, 3.05) is 25.4 Å². The molecular weight excluding hydrogens is 406 g/mol. The molecule has 2 aromatic rings. The first-order valence-electron chi connectivity index (χ1n) is 9.97. The Kier molecular flexibility index (Phi) is 5.80. The summed E-state index contributed by atoms with van der Waals surface area (Å²) in [5, 5.41) is 3.28. The lowest BCUT2D eigenvalue weighted by Gasteiger charge is -2.18. The molecule has 1 fully saturated rings. The maximum atomic E-state index is 12.4. The Balaban J connectivity index is 1.31. The van der Waals surface area contributed by atoms with E-state index in [4.69, 9.17) is 4.74 Å². The first-order valence-corrected chi connectivity index (χ1v) is 11.0. The summed E-state index contributed by atoms with van der Waals surface area (Å²) in [5.41, 5.74) is 3.91. The standard InChI is InChI=1S/C21H23N3O5S/c1-12-2-4-16-14(8-12)15-9-13(3-5-17(15)23-16)20(27)29-10-18(25)22-6-7-24-19(26)11-30-21(24)28/h3,5,9,12,23H,2,4,6-8,10-11H2,1H3,(H,22,25)/t12-/m1/s1. The summed E-state index contributed by atoms with van der Waals surface area (Å²) < 4.78 is 5.13. The van der Waals surface area contributed by atoms with E-state index in [0.29, 0.717) is 11.5 Å². The van der Waals surface area contributed by atoms with Crippen LogP contribution in [0.25, 0.3) is 10.9 Å². The number of nitrogens with one attached hydrogen (secondary N) is 2. The maximum absolute atomic E-state index is 12.4. The van der Waals surface area contributed by atoms with Crippen molar-refractivity contribution < 1.29 is 23.9 Å². The number of rotatable bonds is 6. The Morgan fingerprint density at radius 2 is 2.17 bits per heavy atom. The minimum Gasteiger partial charge on any atom is -0.452 e. The number of imide groups is 1. The monoisotopic (exact) mass is 429 g/mol. The first kappa shape index (κ1) is 20.5. The number of aromatic amines is 1. The molecule has 30 heavy (non-hydrogen) atoms. The predicted octanol–water partition coefficient (Wildman–Crippen LogP) is 2.26. The topological polar surface area (TPSA) is 109 Å². The van der Waals surface area contributed by atoms with Gasteiger partial charge >= 0.3 is 5.97 Å². The smallest absolute Gasteiger partial charge is 0.338 e. The van der Waals surface area contributed by atoms with Crippen molar-refractivity contribution in [2.45, 2.75) is 26.2 Å². The summed E-state index contributed by atoms with van der Waals surface area (Å²) in [6.07, 6.45) is 3.15. The van der Waals surface area contributed by atoms with Crippen LogP contribution in [0.2, 0.25) is 0 Å². The summed E-state index contributed by atoms with van der Waals surface area (Å²) in [4.78, 5) is 51.9. The quantitative estimate of drug-likeness (QED) is 0.682. The number of benzene rings is 1. The van der Waals surface area contributed by atoms with Gasteiger partial charge < -0.3 is 15.0 Å². The van der Waals surface area contributed by atoms with Crippen LogP contribution in [0.15, 0.2) is 18.2 Å². The summed E-state index contributed by atoms with van der Waals surface area (Å²) in [7, 11) is 0. The number of amides is 3. The molecule has 8 nitrogen and oxygen atoms in total. The van der Waals surface area contributed by atoms with Crippen LogP contribution in [0, 0.1) is 5.92 Å². The van der Waals surface area contributed by atoms with Crippen LogP contribution in [0.5, 0.6) is 0 Å². The molecule has 158 valence electrons. The lowest BCUT2D eigenvalue weighted by Crippen LogP contribution is -2.38. The summed E-state index contributed by atoms with van der Waals surface area (Å²) in [6, 6.07) is 5.39. The molecule has 0 radical (unpaired) electrons. The van der Waals surface area contributed by atoms with E-state index < -0.39 is 18.5 Å². The van der Waals surface area contributed by atoms with Crippen molar-refractivity contribution in [3.63, 3.8) is 0 Å². The molecule has 3 amide bonds. The second-order valence-electron chi connectivity index (χ2n) is 7.72. The van der Waals surface area contributed by atoms with Crippen LogP contribution in [0.4, 0.5) is 4.79 Å². The maximum Gasteiger partial charge on any atom is 0.338 e. The average Bonchev–Trinajstić information content (AvgIpc) is 3.25. The van der Waals surface area contributed by atoms with Crippen molar-refractivity contribution in [3.8, 4) is 0 Å². The van der Waals surface area contributed by atoms with Gasteiger partial charge in [-0.05, 0) is 48.9 Å². The average molecular weight is 429 g/mol. The van der Waals surface area contributed by atoms with E-state index in [2.05, 4.69) is 17.2 Å². The van der Waals surface area contributed by atoms with Crippen LogP contribution in [-0.4, -0.2) is 58.4 Å². The van der Waals surface area contributed by atoms with Gasteiger partial charge in [-0.25, -0.2) is 4.79 Å². The van der Waals surface area contributed by atoms with Crippen LogP contribution < -0.4 is 5.32 Å². The summed E-state index contributed by atoms with van der Waals surface area (Å²) >= 11 is 0.947. The fourth-order valence-corrected chi connectivity index (χ4v) is 4.64.